The molecule has 0 aliphatic rings. The molecule has 0 heterocycles. The van der Waals surface area contributed by atoms with Crippen molar-refractivity contribution in [3.63, 3.8) is 0 Å². The Labute approximate surface area is 117 Å². The van der Waals surface area contributed by atoms with Gasteiger partial charge in [0, 0.05) is 4.47 Å². The fourth-order valence-corrected chi connectivity index (χ4v) is 1.92. The standard InChI is InChI=1S/C14H21BrO3/c1-14(2,17)8-7-12(16)10-18-9-11-5-3-4-6-13(11)15/h3-6,12,16-17H,7-10H2,1-2H3. The molecule has 1 rings (SSSR count). The first kappa shape index (κ1) is 15.6. The van der Waals surface area contributed by atoms with Crippen molar-refractivity contribution in [2.45, 2.75) is 45.0 Å². The molecule has 3 nitrogen and oxygen atoms in total. The molecular weight excluding hydrogens is 296 g/mol. The zero-order valence-electron chi connectivity index (χ0n) is 10.9. The minimum Gasteiger partial charge on any atom is -0.391 e. The molecule has 1 aromatic carbocycles. The Morgan fingerprint density at radius 3 is 2.61 bits per heavy atom. The van der Waals surface area contributed by atoms with E-state index < -0.39 is 11.7 Å². The van der Waals surface area contributed by atoms with Gasteiger partial charge < -0.3 is 14.9 Å². The van der Waals surface area contributed by atoms with Crippen LogP contribution in [0.25, 0.3) is 0 Å². The smallest absolute Gasteiger partial charge is 0.0774 e. The highest BCUT2D eigenvalue weighted by molar-refractivity contribution is 9.10. The molecule has 0 amide bonds. The van der Waals surface area contributed by atoms with Gasteiger partial charge in [0.25, 0.3) is 0 Å². The fraction of sp³-hybridized carbons (Fsp3) is 0.571. The van der Waals surface area contributed by atoms with Gasteiger partial charge in [0.15, 0.2) is 0 Å². The van der Waals surface area contributed by atoms with Crippen molar-refractivity contribution in [2.24, 2.45) is 0 Å². The maximum atomic E-state index is 9.71. The third-order valence-electron chi connectivity index (χ3n) is 2.62. The SMILES string of the molecule is CC(C)(O)CCC(O)COCc1ccccc1Br. The summed E-state index contributed by atoms with van der Waals surface area (Å²) < 4.78 is 6.48. The van der Waals surface area contributed by atoms with Crippen molar-refractivity contribution >= 4 is 15.9 Å². The number of hydrogen-bond donors (Lipinski definition) is 2. The third-order valence-corrected chi connectivity index (χ3v) is 3.39. The van der Waals surface area contributed by atoms with Gasteiger partial charge in [-0.3, -0.25) is 0 Å². The normalized spacial score (nSPS) is 13.6. The van der Waals surface area contributed by atoms with Crippen LogP contribution in [0.3, 0.4) is 0 Å². The summed E-state index contributed by atoms with van der Waals surface area (Å²) in [4.78, 5) is 0. The van der Waals surface area contributed by atoms with Crippen molar-refractivity contribution in [3.05, 3.63) is 34.3 Å². The molecule has 0 spiro atoms. The van der Waals surface area contributed by atoms with Gasteiger partial charge >= 0.3 is 0 Å². The molecule has 2 N–H and O–H groups in total. The van der Waals surface area contributed by atoms with Crippen LogP contribution in [-0.2, 0) is 11.3 Å². The number of rotatable bonds is 7. The maximum Gasteiger partial charge on any atom is 0.0774 e. The lowest BCUT2D eigenvalue weighted by Gasteiger charge is -2.19. The summed E-state index contributed by atoms with van der Waals surface area (Å²) in [6.07, 6.45) is 0.574. The predicted molar refractivity (Wildman–Crippen MR) is 75.3 cm³/mol. The molecule has 0 fully saturated rings. The lowest BCUT2D eigenvalue weighted by molar-refractivity contribution is 0.00327. The fourth-order valence-electron chi connectivity index (χ4n) is 1.52. The minimum atomic E-state index is -0.733. The van der Waals surface area contributed by atoms with Crippen LogP contribution in [-0.4, -0.2) is 28.5 Å². The molecule has 0 bridgehead atoms. The summed E-state index contributed by atoms with van der Waals surface area (Å²) in [7, 11) is 0. The first-order chi connectivity index (χ1) is 8.38. The van der Waals surface area contributed by atoms with Crippen LogP contribution in [0.1, 0.15) is 32.3 Å². The van der Waals surface area contributed by atoms with Gasteiger partial charge in [0.05, 0.1) is 24.9 Å². The number of benzene rings is 1. The van der Waals surface area contributed by atoms with Gasteiger partial charge in [-0.25, -0.2) is 0 Å². The summed E-state index contributed by atoms with van der Waals surface area (Å²) in [5.74, 6) is 0. The molecule has 18 heavy (non-hydrogen) atoms. The molecule has 4 heteroatoms. The van der Waals surface area contributed by atoms with Crippen LogP contribution >= 0.6 is 15.9 Å². The van der Waals surface area contributed by atoms with E-state index in [1.165, 1.54) is 0 Å². The Morgan fingerprint density at radius 2 is 2.00 bits per heavy atom. The average Bonchev–Trinajstić information content (AvgIpc) is 2.28. The summed E-state index contributed by atoms with van der Waals surface area (Å²) in [6.45, 7) is 4.24. The van der Waals surface area contributed by atoms with Crippen LogP contribution in [0.5, 0.6) is 0 Å². The molecule has 0 radical (unpaired) electrons. The number of halogens is 1. The van der Waals surface area contributed by atoms with E-state index in [1.54, 1.807) is 13.8 Å². The van der Waals surface area contributed by atoms with Crippen molar-refractivity contribution < 1.29 is 14.9 Å². The number of hydrogen-bond acceptors (Lipinski definition) is 3. The highest BCUT2D eigenvalue weighted by atomic mass is 79.9. The van der Waals surface area contributed by atoms with Crippen molar-refractivity contribution in [3.8, 4) is 0 Å². The monoisotopic (exact) mass is 316 g/mol. The molecule has 102 valence electrons. The van der Waals surface area contributed by atoms with E-state index in [4.69, 9.17) is 4.74 Å². The summed E-state index contributed by atoms with van der Waals surface area (Å²) in [5, 5.41) is 19.3. The second-order valence-electron chi connectivity index (χ2n) is 5.11. The lowest BCUT2D eigenvalue weighted by atomic mass is 10.0. The summed E-state index contributed by atoms with van der Waals surface area (Å²) in [6, 6.07) is 7.84. The van der Waals surface area contributed by atoms with E-state index in [9.17, 15) is 10.2 Å². The first-order valence-corrected chi connectivity index (χ1v) is 6.89. The van der Waals surface area contributed by atoms with E-state index in [2.05, 4.69) is 15.9 Å². The quantitative estimate of drug-likeness (QED) is 0.813. The molecule has 0 saturated carbocycles. The minimum absolute atomic E-state index is 0.289. The highest BCUT2D eigenvalue weighted by Crippen LogP contribution is 2.17. The number of aliphatic hydroxyl groups is 2. The largest absolute Gasteiger partial charge is 0.391 e. The number of ether oxygens (including phenoxy) is 1. The zero-order chi connectivity index (χ0) is 13.6. The molecule has 0 aliphatic carbocycles. The lowest BCUT2D eigenvalue weighted by Crippen LogP contribution is -2.23. The molecular formula is C14H21BrO3. The maximum absolute atomic E-state index is 9.71. The highest BCUT2D eigenvalue weighted by Gasteiger charge is 2.15. The third kappa shape index (κ3) is 6.50. The van der Waals surface area contributed by atoms with Crippen molar-refractivity contribution in [1.82, 2.24) is 0 Å². The Kier molecular flexibility index (Phi) is 6.29. The van der Waals surface area contributed by atoms with E-state index in [-0.39, 0.29) is 6.61 Å². The van der Waals surface area contributed by atoms with Crippen LogP contribution in [0.15, 0.2) is 28.7 Å². The van der Waals surface area contributed by atoms with Crippen molar-refractivity contribution in [2.75, 3.05) is 6.61 Å². The van der Waals surface area contributed by atoms with Gasteiger partial charge in [-0.2, -0.15) is 0 Å². The topological polar surface area (TPSA) is 49.7 Å². The molecule has 0 aliphatic heterocycles. The van der Waals surface area contributed by atoms with Crippen LogP contribution < -0.4 is 0 Å². The molecule has 1 atom stereocenters. The van der Waals surface area contributed by atoms with Gasteiger partial charge in [-0.1, -0.05) is 34.1 Å². The van der Waals surface area contributed by atoms with Crippen LogP contribution in [0.2, 0.25) is 0 Å². The summed E-state index contributed by atoms with van der Waals surface area (Å²) >= 11 is 3.44. The summed E-state index contributed by atoms with van der Waals surface area (Å²) in [5.41, 5.74) is 0.330. The molecule has 1 unspecified atom stereocenters. The second kappa shape index (κ2) is 7.24. The van der Waals surface area contributed by atoms with Crippen LogP contribution in [0, 0.1) is 0 Å². The van der Waals surface area contributed by atoms with Crippen molar-refractivity contribution in [1.29, 1.82) is 0 Å². The molecule has 1 aromatic rings. The van der Waals surface area contributed by atoms with E-state index in [0.29, 0.717) is 19.4 Å². The van der Waals surface area contributed by atoms with Gasteiger partial charge in [-0.05, 0) is 38.3 Å². The van der Waals surface area contributed by atoms with Gasteiger partial charge in [0.1, 0.15) is 0 Å². The average molecular weight is 317 g/mol. The van der Waals surface area contributed by atoms with Gasteiger partial charge in [0.2, 0.25) is 0 Å². The second-order valence-corrected chi connectivity index (χ2v) is 5.97. The number of aliphatic hydroxyl groups excluding tert-OH is 1. The Hall–Kier alpha value is -0.420. The Morgan fingerprint density at radius 1 is 1.33 bits per heavy atom. The molecule has 0 aromatic heterocycles. The Balaban J connectivity index is 2.24. The van der Waals surface area contributed by atoms with E-state index >= 15 is 0 Å². The van der Waals surface area contributed by atoms with Gasteiger partial charge in [-0.15, -0.1) is 0 Å². The zero-order valence-corrected chi connectivity index (χ0v) is 12.5. The van der Waals surface area contributed by atoms with E-state index in [0.717, 1.165) is 10.0 Å². The van der Waals surface area contributed by atoms with E-state index in [1.807, 2.05) is 24.3 Å². The first-order valence-electron chi connectivity index (χ1n) is 6.10. The Bertz CT molecular complexity index is 360. The van der Waals surface area contributed by atoms with Crippen LogP contribution in [0.4, 0.5) is 0 Å². The molecule has 0 saturated heterocycles. The predicted octanol–water partition coefficient (Wildman–Crippen LogP) is 2.88.